The number of rotatable bonds is 4. The third-order valence-electron chi connectivity index (χ3n) is 3.55. The highest BCUT2D eigenvalue weighted by molar-refractivity contribution is 7.89. The summed E-state index contributed by atoms with van der Waals surface area (Å²) in [7, 11) is -3.43. The predicted octanol–water partition coefficient (Wildman–Crippen LogP) is 0.805. The van der Waals surface area contributed by atoms with Crippen LogP contribution in [0.25, 0.3) is 0 Å². The third-order valence-corrected chi connectivity index (χ3v) is 6.13. The highest BCUT2D eigenvalue weighted by Crippen LogP contribution is 2.35. The van der Waals surface area contributed by atoms with Crippen molar-refractivity contribution >= 4 is 21.4 Å². The molecule has 0 radical (unpaired) electrons. The van der Waals surface area contributed by atoms with Crippen LogP contribution in [-0.4, -0.2) is 26.7 Å². The lowest BCUT2D eigenvalue weighted by molar-refractivity contribution is 0.0996. The first-order chi connectivity index (χ1) is 8.58. The highest BCUT2D eigenvalue weighted by atomic mass is 32.2. The minimum atomic E-state index is -3.43. The lowest BCUT2D eigenvalue weighted by Crippen LogP contribution is -2.41. The molecule has 3 rings (SSSR count). The number of hydrogen-bond acceptors (Lipinski definition) is 5. The van der Waals surface area contributed by atoms with Crippen molar-refractivity contribution in [2.75, 3.05) is 0 Å². The minimum Gasteiger partial charge on any atom is -0.373 e. The van der Waals surface area contributed by atoms with Crippen molar-refractivity contribution in [1.82, 2.24) is 4.72 Å². The molecule has 0 saturated carbocycles. The second-order valence-corrected chi connectivity index (χ2v) is 7.50. The molecular formula is C11H16N2O3S2. The maximum absolute atomic E-state index is 12.2. The molecular weight excluding hydrogens is 272 g/mol. The maximum Gasteiger partial charge on any atom is 0.241 e. The summed E-state index contributed by atoms with van der Waals surface area (Å²) in [6.45, 7) is 0.372. The van der Waals surface area contributed by atoms with E-state index in [4.69, 9.17) is 10.5 Å². The molecule has 1 aromatic heterocycles. The quantitative estimate of drug-likeness (QED) is 0.859. The van der Waals surface area contributed by atoms with Crippen LogP contribution >= 0.6 is 11.3 Å². The third kappa shape index (κ3) is 2.21. The molecule has 3 atom stereocenters. The van der Waals surface area contributed by atoms with Gasteiger partial charge in [0.2, 0.25) is 10.0 Å². The fourth-order valence-corrected chi connectivity index (χ4v) is 5.07. The Hall–Kier alpha value is -0.470. The van der Waals surface area contributed by atoms with Gasteiger partial charge in [-0.05, 0) is 25.3 Å². The average Bonchev–Trinajstić information content (AvgIpc) is 3.04. The van der Waals surface area contributed by atoms with E-state index in [9.17, 15) is 8.42 Å². The summed E-state index contributed by atoms with van der Waals surface area (Å²) in [5, 5.41) is 1.64. The van der Waals surface area contributed by atoms with Crippen LogP contribution in [0.3, 0.4) is 0 Å². The Morgan fingerprint density at radius 3 is 2.89 bits per heavy atom. The molecule has 0 amide bonds. The molecule has 2 saturated heterocycles. The molecule has 18 heavy (non-hydrogen) atoms. The Bertz CT molecular complexity index is 540. The van der Waals surface area contributed by atoms with Gasteiger partial charge >= 0.3 is 0 Å². The monoisotopic (exact) mass is 288 g/mol. The van der Waals surface area contributed by atoms with E-state index in [1.165, 1.54) is 11.3 Å². The van der Waals surface area contributed by atoms with Gasteiger partial charge in [0.05, 0.1) is 23.1 Å². The zero-order chi connectivity index (χ0) is 12.8. The van der Waals surface area contributed by atoms with Crippen LogP contribution in [0.2, 0.25) is 0 Å². The molecule has 3 heterocycles. The van der Waals surface area contributed by atoms with Crippen LogP contribution in [0.1, 0.15) is 24.1 Å². The molecule has 0 aliphatic carbocycles. The van der Waals surface area contributed by atoms with Crippen LogP contribution < -0.4 is 10.5 Å². The summed E-state index contributed by atoms with van der Waals surface area (Å²) in [4.78, 5) is 1.19. The normalized spacial score (nSPS) is 31.1. The molecule has 0 aromatic carbocycles. The summed E-state index contributed by atoms with van der Waals surface area (Å²) in [6, 6.07) is 1.57. The van der Waals surface area contributed by atoms with Crippen LogP contribution in [0.15, 0.2) is 16.3 Å². The fraction of sp³-hybridized carbons (Fsp3) is 0.636. The summed E-state index contributed by atoms with van der Waals surface area (Å²) in [5.41, 5.74) is 5.49. The van der Waals surface area contributed by atoms with Gasteiger partial charge in [-0.15, -0.1) is 11.3 Å². The van der Waals surface area contributed by atoms with Gasteiger partial charge in [-0.3, -0.25) is 0 Å². The number of ether oxygens (including phenoxy) is 1. The summed E-state index contributed by atoms with van der Waals surface area (Å²) >= 11 is 1.37. The first-order valence-electron chi connectivity index (χ1n) is 6.04. The Kier molecular flexibility index (Phi) is 3.19. The predicted molar refractivity (Wildman–Crippen MR) is 68.8 cm³/mol. The summed E-state index contributed by atoms with van der Waals surface area (Å²) in [5.74, 6) is 0. The van der Waals surface area contributed by atoms with Crippen molar-refractivity contribution < 1.29 is 13.2 Å². The molecule has 2 fully saturated rings. The van der Waals surface area contributed by atoms with Crippen molar-refractivity contribution in [3.8, 4) is 0 Å². The Labute approximate surface area is 110 Å². The number of hydrogen-bond donors (Lipinski definition) is 2. The lowest BCUT2D eigenvalue weighted by Gasteiger charge is -2.19. The SMILES string of the molecule is NCc1cc(S(=O)(=O)NC2CC3CCC2O3)cs1. The average molecular weight is 288 g/mol. The van der Waals surface area contributed by atoms with Gasteiger partial charge in [0.25, 0.3) is 0 Å². The van der Waals surface area contributed by atoms with Crippen LogP contribution in [0.4, 0.5) is 0 Å². The smallest absolute Gasteiger partial charge is 0.241 e. The molecule has 100 valence electrons. The number of sulfonamides is 1. The van der Waals surface area contributed by atoms with E-state index < -0.39 is 10.0 Å². The van der Waals surface area contributed by atoms with E-state index in [0.717, 1.165) is 24.1 Å². The van der Waals surface area contributed by atoms with Crippen molar-refractivity contribution in [2.45, 2.75) is 49.0 Å². The van der Waals surface area contributed by atoms with E-state index in [1.54, 1.807) is 11.4 Å². The standard InChI is InChI=1S/C11H16N2O3S2/c12-5-8-4-9(6-17-8)18(14,15)13-10-3-7-1-2-11(10)16-7/h4,6-7,10-11,13H,1-3,5,12H2. The maximum atomic E-state index is 12.2. The topological polar surface area (TPSA) is 81.4 Å². The number of thiophene rings is 1. The van der Waals surface area contributed by atoms with Gasteiger partial charge in [0.1, 0.15) is 0 Å². The van der Waals surface area contributed by atoms with Gasteiger partial charge in [-0.1, -0.05) is 0 Å². The second kappa shape index (κ2) is 4.57. The van der Waals surface area contributed by atoms with Gasteiger partial charge in [-0.2, -0.15) is 0 Å². The molecule has 5 nitrogen and oxygen atoms in total. The Morgan fingerprint density at radius 2 is 2.33 bits per heavy atom. The molecule has 1 aromatic rings. The van der Waals surface area contributed by atoms with E-state index in [0.29, 0.717) is 11.4 Å². The number of fused-ring (bicyclic) bond motifs is 2. The van der Waals surface area contributed by atoms with Crippen LogP contribution in [0, 0.1) is 0 Å². The van der Waals surface area contributed by atoms with E-state index in [1.807, 2.05) is 0 Å². The Morgan fingerprint density at radius 1 is 1.50 bits per heavy atom. The van der Waals surface area contributed by atoms with Crippen LogP contribution in [-0.2, 0) is 21.3 Å². The van der Waals surface area contributed by atoms with Gasteiger partial charge in [0.15, 0.2) is 0 Å². The van der Waals surface area contributed by atoms with Crippen molar-refractivity contribution in [3.63, 3.8) is 0 Å². The molecule has 3 N–H and O–H groups in total. The second-order valence-electron chi connectivity index (χ2n) is 4.79. The van der Waals surface area contributed by atoms with Gasteiger partial charge < -0.3 is 10.5 Å². The van der Waals surface area contributed by atoms with Gasteiger partial charge in [-0.25, -0.2) is 13.1 Å². The van der Waals surface area contributed by atoms with Crippen LogP contribution in [0.5, 0.6) is 0 Å². The van der Waals surface area contributed by atoms with Crippen molar-refractivity contribution in [3.05, 3.63) is 16.3 Å². The highest BCUT2D eigenvalue weighted by Gasteiger charge is 2.42. The first kappa shape index (κ1) is 12.6. The first-order valence-corrected chi connectivity index (χ1v) is 8.40. The largest absolute Gasteiger partial charge is 0.373 e. The van der Waals surface area contributed by atoms with Gasteiger partial charge in [0, 0.05) is 16.8 Å². The van der Waals surface area contributed by atoms with E-state index >= 15 is 0 Å². The molecule has 7 heteroatoms. The number of nitrogens with one attached hydrogen (secondary N) is 1. The lowest BCUT2D eigenvalue weighted by atomic mass is 9.96. The van der Waals surface area contributed by atoms with Crippen molar-refractivity contribution in [2.24, 2.45) is 5.73 Å². The van der Waals surface area contributed by atoms with E-state index in [2.05, 4.69) is 4.72 Å². The molecule has 3 unspecified atom stereocenters. The van der Waals surface area contributed by atoms with Crippen molar-refractivity contribution in [1.29, 1.82) is 0 Å². The molecule has 2 bridgehead atoms. The molecule has 2 aliphatic rings. The molecule has 0 spiro atoms. The molecule has 2 aliphatic heterocycles. The number of nitrogens with two attached hydrogens (primary N) is 1. The minimum absolute atomic E-state index is 0.0531. The Balaban J connectivity index is 1.75. The summed E-state index contributed by atoms with van der Waals surface area (Å²) < 4.78 is 32.8. The zero-order valence-electron chi connectivity index (χ0n) is 9.83. The fourth-order valence-electron chi connectivity index (χ4n) is 2.64. The zero-order valence-corrected chi connectivity index (χ0v) is 11.5. The van der Waals surface area contributed by atoms with E-state index in [-0.39, 0.29) is 18.2 Å². The summed E-state index contributed by atoms with van der Waals surface area (Å²) in [6.07, 6.45) is 3.09.